The fraction of sp³-hybridized carbons (Fsp3) is 0.481. The highest BCUT2D eigenvalue weighted by Gasteiger charge is 2.41. The number of anilines is 2. The van der Waals surface area contributed by atoms with E-state index in [2.05, 4.69) is 28.1 Å². The first-order valence-electron chi connectivity index (χ1n) is 12.7. The molecule has 0 saturated carbocycles. The molecule has 9 heteroatoms. The summed E-state index contributed by atoms with van der Waals surface area (Å²) >= 11 is 0. The summed E-state index contributed by atoms with van der Waals surface area (Å²) in [7, 11) is 1.64. The molecule has 36 heavy (non-hydrogen) atoms. The highest BCUT2D eigenvalue weighted by atomic mass is 16.5. The summed E-state index contributed by atoms with van der Waals surface area (Å²) in [5.74, 6) is 1.52. The lowest BCUT2D eigenvalue weighted by Gasteiger charge is -2.47. The summed E-state index contributed by atoms with van der Waals surface area (Å²) in [4.78, 5) is 31.8. The van der Waals surface area contributed by atoms with Crippen molar-refractivity contribution in [2.75, 3.05) is 62.9 Å². The Morgan fingerprint density at radius 3 is 2.61 bits per heavy atom. The van der Waals surface area contributed by atoms with Gasteiger partial charge >= 0.3 is 0 Å². The lowest BCUT2D eigenvalue weighted by Crippen LogP contribution is -2.51. The van der Waals surface area contributed by atoms with E-state index < -0.39 is 0 Å². The van der Waals surface area contributed by atoms with Gasteiger partial charge in [-0.05, 0) is 44.0 Å². The van der Waals surface area contributed by atoms with E-state index in [1.165, 1.54) is 0 Å². The summed E-state index contributed by atoms with van der Waals surface area (Å²) in [6.07, 6.45) is 2.19. The molecule has 1 aromatic carbocycles. The molecule has 1 atom stereocenters. The van der Waals surface area contributed by atoms with Crippen molar-refractivity contribution < 1.29 is 14.3 Å². The summed E-state index contributed by atoms with van der Waals surface area (Å²) in [5.41, 5.74) is 3.28. The van der Waals surface area contributed by atoms with Crippen molar-refractivity contribution in [1.29, 1.82) is 0 Å². The minimum absolute atomic E-state index is 0.120. The standard InChI is InChI=1S/C27H32N6O3/c1-18-15-35-13-12-33(18)24-21-6-7-22(19-4-3-5-20(14-19)25(34)28-2)29-23(21)30-26(31-24)32-10-8-27(9-11-32)16-36-17-27/h3-7,14,18H,8-13,15-17H2,1-2H3,(H,28,34)/t18-/m0/s1. The molecule has 188 valence electrons. The Hall–Kier alpha value is -3.30. The van der Waals surface area contributed by atoms with Crippen molar-refractivity contribution in [3.63, 3.8) is 0 Å². The Labute approximate surface area is 210 Å². The first-order chi connectivity index (χ1) is 17.5. The van der Waals surface area contributed by atoms with E-state index >= 15 is 0 Å². The molecule has 1 amide bonds. The molecule has 3 fully saturated rings. The van der Waals surface area contributed by atoms with E-state index in [1.807, 2.05) is 24.3 Å². The number of aromatic nitrogens is 3. The van der Waals surface area contributed by atoms with Crippen molar-refractivity contribution >= 4 is 28.7 Å². The number of carbonyl (C=O) groups is 1. The molecule has 3 aliphatic heterocycles. The van der Waals surface area contributed by atoms with Gasteiger partial charge in [-0.15, -0.1) is 0 Å². The Morgan fingerprint density at radius 1 is 1.06 bits per heavy atom. The SMILES string of the molecule is CNC(=O)c1cccc(-c2ccc3c(N4CCOC[C@@H]4C)nc(N4CCC5(CC4)COC5)nc3n2)c1. The fourth-order valence-electron chi connectivity index (χ4n) is 5.37. The molecule has 5 heterocycles. The van der Waals surface area contributed by atoms with Gasteiger partial charge in [0.15, 0.2) is 5.65 Å². The number of benzene rings is 1. The third-order valence-corrected chi connectivity index (χ3v) is 7.74. The molecule has 3 saturated heterocycles. The normalized spacial score (nSPS) is 21.4. The molecule has 0 radical (unpaired) electrons. The van der Waals surface area contributed by atoms with Crippen molar-refractivity contribution in [3.8, 4) is 11.3 Å². The number of carbonyl (C=O) groups excluding carboxylic acids is 1. The van der Waals surface area contributed by atoms with Crippen LogP contribution in [0.2, 0.25) is 0 Å². The summed E-state index contributed by atoms with van der Waals surface area (Å²) in [6.45, 7) is 7.87. The number of fused-ring (bicyclic) bond motifs is 1. The van der Waals surface area contributed by atoms with Crippen LogP contribution in [0.4, 0.5) is 11.8 Å². The highest BCUT2D eigenvalue weighted by Crippen LogP contribution is 2.39. The quantitative estimate of drug-likeness (QED) is 0.599. The topological polar surface area (TPSA) is 92.7 Å². The van der Waals surface area contributed by atoms with Gasteiger partial charge in [0.2, 0.25) is 5.95 Å². The summed E-state index contributed by atoms with van der Waals surface area (Å²) < 4.78 is 11.2. The van der Waals surface area contributed by atoms with Crippen molar-refractivity contribution in [2.24, 2.45) is 5.41 Å². The van der Waals surface area contributed by atoms with Gasteiger partial charge in [-0.2, -0.15) is 9.97 Å². The maximum atomic E-state index is 12.2. The van der Waals surface area contributed by atoms with Gasteiger partial charge in [-0.3, -0.25) is 4.79 Å². The number of hydrogen-bond donors (Lipinski definition) is 1. The monoisotopic (exact) mass is 488 g/mol. The van der Waals surface area contributed by atoms with Crippen LogP contribution in [0.25, 0.3) is 22.3 Å². The van der Waals surface area contributed by atoms with Crippen LogP contribution in [0.15, 0.2) is 36.4 Å². The Kier molecular flexibility index (Phi) is 5.97. The molecular formula is C27H32N6O3. The molecule has 1 spiro atoms. The van der Waals surface area contributed by atoms with Gasteiger partial charge in [-0.1, -0.05) is 12.1 Å². The Balaban J connectivity index is 1.41. The minimum Gasteiger partial charge on any atom is -0.380 e. The lowest BCUT2D eigenvalue weighted by molar-refractivity contribution is -0.124. The van der Waals surface area contributed by atoms with E-state index in [-0.39, 0.29) is 11.9 Å². The first-order valence-corrected chi connectivity index (χ1v) is 12.7. The van der Waals surface area contributed by atoms with E-state index in [0.29, 0.717) is 29.8 Å². The third kappa shape index (κ3) is 4.16. The molecule has 3 aromatic rings. The number of hydrogen-bond acceptors (Lipinski definition) is 8. The van der Waals surface area contributed by atoms with Gasteiger partial charge in [0.05, 0.1) is 43.5 Å². The van der Waals surface area contributed by atoms with Gasteiger partial charge in [-0.25, -0.2) is 4.98 Å². The number of ether oxygens (including phenoxy) is 2. The smallest absolute Gasteiger partial charge is 0.251 e. The van der Waals surface area contributed by atoms with E-state index in [9.17, 15) is 4.79 Å². The largest absolute Gasteiger partial charge is 0.380 e. The first kappa shape index (κ1) is 23.1. The van der Waals surface area contributed by atoms with Crippen molar-refractivity contribution in [3.05, 3.63) is 42.0 Å². The van der Waals surface area contributed by atoms with Crippen LogP contribution in [0.3, 0.4) is 0 Å². The predicted octanol–water partition coefficient (Wildman–Crippen LogP) is 2.89. The van der Waals surface area contributed by atoms with Crippen molar-refractivity contribution in [2.45, 2.75) is 25.8 Å². The molecule has 0 unspecified atom stereocenters. The maximum absolute atomic E-state index is 12.2. The van der Waals surface area contributed by atoms with Crippen LogP contribution in [0, 0.1) is 5.41 Å². The molecular weight excluding hydrogens is 456 g/mol. The van der Waals surface area contributed by atoms with Gasteiger partial charge in [0, 0.05) is 43.2 Å². The zero-order valence-electron chi connectivity index (χ0n) is 20.9. The van der Waals surface area contributed by atoms with Crippen molar-refractivity contribution in [1.82, 2.24) is 20.3 Å². The third-order valence-electron chi connectivity index (χ3n) is 7.74. The minimum atomic E-state index is -0.120. The maximum Gasteiger partial charge on any atom is 0.251 e. The summed E-state index contributed by atoms with van der Waals surface area (Å²) in [5, 5.41) is 3.62. The van der Waals surface area contributed by atoms with Crippen LogP contribution >= 0.6 is 0 Å². The molecule has 0 aliphatic carbocycles. The van der Waals surface area contributed by atoms with Gasteiger partial charge in [0.1, 0.15) is 5.82 Å². The average Bonchev–Trinajstić information content (AvgIpc) is 2.91. The Bertz CT molecular complexity index is 1280. The van der Waals surface area contributed by atoms with Gasteiger partial charge in [0.25, 0.3) is 5.91 Å². The van der Waals surface area contributed by atoms with Crippen LogP contribution in [-0.4, -0.2) is 80.0 Å². The van der Waals surface area contributed by atoms with Crippen LogP contribution in [0.5, 0.6) is 0 Å². The van der Waals surface area contributed by atoms with Gasteiger partial charge < -0.3 is 24.6 Å². The van der Waals surface area contributed by atoms with E-state index in [1.54, 1.807) is 13.1 Å². The fourth-order valence-corrected chi connectivity index (χ4v) is 5.37. The average molecular weight is 489 g/mol. The summed E-state index contributed by atoms with van der Waals surface area (Å²) in [6, 6.07) is 11.8. The number of piperidine rings is 1. The second kappa shape index (κ2) is 9.29. The molecule has 3 aliphatic rings. The number of nitrogens with one attached hydrogen (secondary N) is 1. The second-order valence-electron chi connectivity index (χ2n) is 10.2. The predicted molar refractivity (Wildman–Crippen MR) is 138 cm³/mol. The number of nitrogens with zero attached hydrogens (tertiary/aromatic N) is 5. The van der Waals surface area contributed by atoms with E-state index in [0.717, 1.165) is 74.1 Å². The Morgan fingerprint density at radius 2 is 1.89 bits per heavy atom. The molecule has 1 N–H and O–H groups in total. The zero-order valence-corrected chi connectivity index (χ0v) is 20.9. The number of morpholine rings is 1. The lowest BCUT2D eigenvalue weighted by atomic mass is 9.77. The number of rotatable bonds is 4. The number of amides is 1. The zero-order chi connectivity index (χ0) is 24.7. The number of pyridine rings is 1. The molecule has 2 aromatic heterocycles. The second-order valence-corrected chi connectivity index (χ2v) is 10.2. The van der Waals surface area contributed by atoms with Crippen LogP contribution < -0.4 is 15.1 Å². The molecule has 9 nitrogen and oxygen atoms in total. The molecule has 6 rings (SSSR count). The molecule has 0 bridgehead atoms. The van der Waals surface area contributed by atoms with E-state index in [4.69, 9.17) is 24.4 Å². The van der Waals surface area contributed by atoms with Crippen LogP contribution in [-0.2, 0) is 9.47 Å². The highest BCUT2D eigenvalue weighted by molar-refractivity contribution is 5.95. The van der Waals surface area contributed by atoms with Crippen LogP contribution in [0.1, 0.15) is 30.1 Å².